The van der Waals surface area contributed by atoms with Crippen LogP contribution in [0.3, 0.4) is 0 Å². The topological polar surface area (TPSA) is 161 Å². The first-order chi connectivity index (χ1) is 20.4. The number of rotatable bonds is 12. The van der Waals surface area contributed by atoms with E-state index in [1.165, 1.54) is 0 Å². The molecule has 0 fully saturated rings. The molecule has 4 rings (SSSR count). The van der Waals surface area contributed by atoms with Crippen LogP contribution in [0.25, 0.3) is 6.08 Å². The zero-order chi connectivity index (χ0) is 31.6. The molecule has 0 unspecified atom stereocenters. The number of aromatic amines is 1. The van der Waals surface area contributed by atoms with E-state index in [4.69, 9.17) is 4.99 Å². The molecule has 226 valence electrons. The molecule has 0 aromatic carbocycles. The van der Waals surface area contributed by atoms with Gasteiger partial charge < -0.3 is 25.8 Å². The number of H-pyrrole nitrogens is 1. The number of carbonyl (C=O) groups is 4. The smallest absolute Gasteiger partial charge is 0.303 e. The third-order valence-corrected chi connectivity index (χ3v) is 8.46. The molecule has 1 atom stereocenters. The third-order valence-electron chi connectivity index (χ3n) is 8.46. The van der Waals surface area contributed by atoms with Crippen molar-refractivity contribution in [1.82, 2.24) is 15.6 Å². The molecule has 10 heteroatoms. The summed E-state index contributed by atoms with van der Waals surface area (Å²) in [5, 5.41) is 24.8. The first-order valence-electron chi connectivity index (χ1n) is 14.4. The highest BCUT2D eigenvalue weighted by Crippen LogP contribution is 2.34. The predicted molar refractivity (Wildman–Crippen MR) is 164 cm³/mol. The van der Waals surface area contributed by atoms with Crippen LogP contribution in [0.15, 0.2) is 68.6 Å². The zero-order valence-electron chi connectivity index (χ0n) is 25.2. The highest BCUT2D eigenvalue weighted by atomic mass is 16.4. The molecule has 0 saturated heterocycles. The van der Waals surface area contributed by atoms with Crippen LogP contribution in [0.4, 0.5) is 0 Å². The number of amides is 2. The predicted octanol–water partition coefficient (Wildman–Crippen LogP) is 4.60. The van der Waals surface area contributed by atoms with Crippen molar-refractivity contribution < 1.29 is 29.4 Å². The van der Waals surface area contributed by atoms with Gasteiger partial charge in [-0.25, -0.2) is 4.99 Å². The van der Waals surface area contributed by atoms with Gasteiger partial charge in [0.1, 0.15) is 0 Å². The Morgan fingerprint density at radius 3 is 2.21 bits per heavy atom. The largest absolute Gasteiger partial charge is 0.481 e. The Morgan fingerprint density at radius 1 is 0.930 bits per heavy atom. The number of hydrogen-bond donors (Lipinski definition) is 5. The summed E-state index contributed by atoms with van der Waals surface area (Å²) < 4.78 is 0. The highest BCUT2D eigenvalue weighted by Gasteiger charge is 2.30. The number of allylic oxidation sites excluding steroid dienone is 4. The summed E-state index contributed by atoms with van der Waals surface area (Å²) in [6, 6.07) is -0.267. The fourth-order valence-corrected chi connectivity index (χ4v) is 5.90. The standard InChI is InChI=1S/C33H38N4O6/c1-7-20-19(6)32(42)37-27(20)14-25-18(5)23(10-12-31(40)41)29(35-25)15-28-22(9-11-30(38)39)17(4)24(34-28)13-26-16(3)21(8-2)33(43)36-26/h7,13,15,27,35H,1,8-12,14H2,2-6H3,(H,36,43)(H,37,42)(H,38,39)(H,40,41)/b26-13-,28-15-/t27-/m1/s1. The summed E-state index contributed by atoms with van der Waals surface area (Å²) in [6.45, 7) is 13.2. The molecule has 0 radical (unpaired) electrons. The summed E-state index contributed by atoms with van der Waals surface area (Å²) in [7, 11) is 0. The van der Waals surface area contributed by atoms with Gasteiger partial charge in [-0.15, -0.1) is 0 Å². The molecule has 43 heavy (non-hydrogen) atoms. The number of carbonyl (C=O) groups excluding carboxylic acids is 2. The monoisotopic (exact) mass is 586 g/mol. The van der Waals surface area contributed by atoms with Gasteiger partial charge in [-0.1, -0.05) is 19.6 Å². The Bertz CT molecular complexity index is 1630. The number of nitrogens with zero attached hydrogens (tertiary/aromatic N) is 1. The molecule has 5 N–H and O–H groups in total. The minimum Gasteiger partial charge on any atom is -0.481 e. The van der Waals surface area contributed by atoms with Crippen molar-refractivity contribution in [1.29, 1.82) is 0 Å². The quantitative estimate of drug-likeness (QED) is 0.241. The number of aliphatic imine (C=N–C) groups is 1. The van der Waals surface area contributed by atoms with E-state index < -0.39 is 11.9 Å². The van der Waals surface area contributed by atoms with Gasteiger partial charge in [0, 0.05) is 47.5 Å². The second-order valence-electron chi connectivity index (χ2n) is 11.0. The Hall–Kier alpha value is -4.73. The van der Waals surface area contributed by atoms with Crippen molar-refractivity contribution in [3.8, 4) is 0 Å². The van der Waals surface area contributed by atoms with Gasteiger partial charge in [0.2, 0.25) is 5.91 Å². The molecule has 4 heterocycles. The normalized spacial score (nSPS) is 20.5. The minimum absolute atomic E-state index is 0.0716. The van der Waals surface area contributed by atoms with Gasteiger partial charge in [0.05, 0.1) is 17.5 Å². The van der Waals surface area contributed by atoms with Crippen molar-refractivity contribution in [3.05, 3.63) is 86.1 Å². The average molecular weight is 587 g/mol. The molecule has 1 aromatic rings. The number of carboxylic acid groups (broad SMARTS) is 2. The van der Waals surface area contributed by atoms with Crippen LogP contribution >= 0.6 is 0 Å². The third kappa shape index (κ3) is 6.38. The average Bonchev–Trinajstić information content (AvgIpc) is 3.59. The van der Waals surface area contributed by atoms with E-state index in [-0.39, 0.29) is 43.5 Å². The van der Waals surface area contributed by atoms with Crippen LogP contribution in [-0.4, -0.2) is 50.7 Å². The van der Waals surface area contributed by atoms with E-state index in [0.29, 0.717) is 46.8 Å². The van der Waals surface area contributed by atoms with Crippen LogP contribution < -0.4 is 10.6 Å². The van der Waals surface area contributed by atoms with Gasteiger partial charge >= 0.3 is 11.9 Å². The van der Waals surface area contributed by atoms with E-state index in [2.05, 4.69) is 22.2 Å². The van der Waals surface area contributed by atoms with Crippen LogP contribution in [-0.2, 0) is 32.0 Å². The molecular weight excluding hydrogens is 548 g/mol. The number of hydrogen-bond acceptors (Lipinski definition) is 5. The highest BCUT2D eigenvalue weighted by molar-refractivity contribution is 6.14. The minimum atomic E-state index is -0.930. The maximum Gasteiger partial charge on any atom is 0.303 e. The van der Waals surface area contributed by atoms with Gasteiger partial charge in [0.15, 0.2) is 0 Å². The van der Waals surface area contributed by atoms with Crippen molar-refractivity contribution in [2.45, 2.75) is 79.2 Å². The van der Waals surface area contributed by atoms with E-state index in [0.717, 1.165) is 39.1 Å². The van der Waals surface area contributed by atoms with Crippen LogP contribution in [0.2, 0.25) is 0 Å². The van der Waals surface area contributed by atoms with Crippen molar-refractivity contribution >= 4 is 35.5 Å². The summed E-state index contributed by atoms with van der Waals surface area (Å²) in [4.78, 5) is 56.0. The van der Waals surface area contributed by atoms with Crippen LogP contribution in [0.5, 0.6) is 0 Å². The Morgan fingerprint density at radius 2 is 1.60 bits per heavy atom. The lowest BCUT2D eigenvalue weighted by Gasteiger charge is -2.13. The molecule has 0 spiro atoms. The van der Waals surface area contributed by atoms with Gasteiger partial charge in [-0.05, 0) is 92.5 Å². The number of aromatic nitrogens is 1. The summed E-state index contributed by atoms with van der Waals surface area (Å²) >= 11 is 0. The molecule has 0 saturated carbocycles. The van der Waals surface area contributed by atoms with Crippen molar-refractivity contribution in [2.24, 2.45) is 4.99 Å². The summed E-state index contributed by atoms with van der Waals surface area (Å²) in [5.41, 5.74) is 9.73. The van der Waals surface area contributed by atoms with Crippen molar-refractivity contribution in [3.63, 3.8) is 0 Å². The lowest BCUT2D eigenvalue weighted by molar-refractivity contribution is -0.138. The first kappa shape index (κ1) is 31.2. The van der Waals surface area contributed by atoms with E-state index >= 15 is 0 Å². The second kappa shape index (κ2) is 12.6. The molecular formula is C33H38N4O6. The first-order valence-corrected chi connectivity index (χ1v) is 14.4. The second-order valence-corrected chi connectivity index (χ2v) is 11.0. The zero-order valence-corrected chi connectivity index (χ0v) is 25.2. The summed E-state index contributed by atoms with van der Waals surface area (Å²) in [6.07, 6.45) is 6.79. The van der Waals surface area contributed by atoms with Gasteiger partial charge in [-0.3, -0.25) is 19.2 Å². The Kier molecular flexibility index (Phi) is 9.18. The van der Waals surface area contributed by atoms with E-state index in [9.17, 15) is 29.4 Å². The Balaban J connectivity index is 1.79. The Labute approximate surface area is 250 Å². The number of carboxylic acids is 2. The number of nitrogens with one attached hydrogen (secondary N) is 3. The summed E-state index contributed by atoms with van der Waals surface area (Å²) in [5.74, 6) is -2.12. The van der Waals surface area contributed by atoms with Crippen LogP contribution in [0.1, 0.15) is 75.9 Å². The van der Waals surface area contributed by atoms with Gasteiger partial charge in [0.25, 0.3) is 5.91 Å². The molecule has 1 aromatic heterocycles. The van der Waals surface area contributed by atoms with E-state index in [1.807, 2.05) is 39.8 Å². The van der Waals surface area contributed by atoms with Crippen molar-refractivity contribution in [2.75, 3.05) is 0 Å². The molecule has 10 nitrogen and oxygen atoms in total. The number of aliphatic carboxylic acids is 2. The van der Waals surface area contributed by atoms with E-state index in [1.54, 1.807) is 13.0 Å². The lowest BCUT2D eigenvalue weighted by atomic mass is 9.97. The maximum absolute atomic E-state index is 12.4. The molecule has 0 aliphatic carbocycles. The fraction of sp³-hybridized carbons (Fsp3) is 0.364. The molecule has 2 amide bonds. The molecule has 3 aliphatic heterocycles. The molecule has 0 bridgehead atoms. The van der Waals surface area contributed by atoms with Gasteiger partial charge in [-0.2, -0.15) is 0 Å². The SMILES string of the molecule is C=CC1=C(C)C(=O)N[C@@H]1Cc1[nH]c(/C=C2N=C(/C=C3\NC(=O)C(CC)=C3C)C(C)=C\2CCC(=O)O)c(CCC(=O)O)c1C. The molecule has 3 aliphatic rings. The maximum atomic E-state index is 12.4. The fourth-order valence-electron chi connectivity index (χ4n) is 5.90. The van der Waals surface area contributed by atoms with Crippen LogP contribution in [0, 0.1) is 6.92 Å². The lowest BCUT2D eigenvalue weighted by Crippen LogP contribution is -2.30.